The van der Waals surface area contributed by atoms with Crippen LogP contribution in [0.2, 0.25) is 0 Å². The quantitative estimate of drug-likeness (QED) is 0.591. The van der Waals surface area contributed by atoms with Crippen LogP contribution in [-0.4, -0.2) is 16.3 Å². The van der Waals surface area contributed by atoms with Gasteiger partial charge in [0.1, 0.15) is 0 Å². The first kappa shape index (κ1) is 13.1. The summed E-state index contributed by atoms with van der Waals surface area (Å²) in [6.07, 6.45) is 6.56. The van der Waals surface area contributed by atoms with Crippen molar-refractivity contribution in [1.29, 1.82) is 0 Å². The number of hydrogen-bond donors (Lipinski definition) is 1. The molecule has 0 saturated carbocycles. The van der Waals surface area contributed by atoms with E-state index < -0.39 is 0 Å². The Morgan fingerprint density at radius 1 is 1.17 bits per heavy atom. The number of imidazole rings is 1. The minimum atomic E-state index is 0.287. The molecule has 0 radical (unpaired) electrons. The van der Waals surface area contributed by atoms with Gasteiger partial charge in [0.15, 0.2) is 11.0 Å². The molecule has 1 heterocycles. The molecule has 18 heavy (non-hydrogen) atoms. The van der Waals surface area contributed by atoms with E-state index in [0.717, 1.165) is 25.9 Å². The lowest BCUT2D eigenvalue weighted by Gasteiger charge is -1.96. The topological polar surface area (TPSA) is 29.0 Å². The molecular formula is C15H23N2O+. The average molecular weight is 247 g/mol. The molecule has 1 aromatic carbocycles. The third kappa shape index (κ3) is 2.91. The predicted molar refractivity (Wildman–Crippen MR) is 73.4 cm³/mol. The highest BCUT2D eigenvalue weighted by atomic mass is 16.2. The Balaban J connectivity index is 2.23. The molecule has 0 fully saturated rings. The molecule has 0 unspecified atom stereocenters. The number of aromatic nitrogens is 2. The lowest BCUT2D eigenvalue weighted by atomic mass is 10.3. The van der Waals surface area contributed by atoms with Crippen LogP contribution in [0, 0.1) is 0 Å². The Bertz CT molecular complexity index is 490. The van der Waals surface area contributed by atoms with Crippen LogP contribution in [0.5, 0.6) is 0 Å². The summed E-state index contributed by atoms with van der Waals surface area (Å²) < 4.78 is 4.65. The summed E-state index contributed by atoms with van der Waals surface area (Å²) in [5.74, 6) is 0. The molecule has 0 atom stereocenters. The van der Waals surface area contributed by atoms with Crippen molar-refractivity contribution in [1.82, 2.24) is 4.57 Å². The molecule has 2 rings (SSSR count). The molecule has 2 aromatic rings. The molecule has 0 aliphatic carbocycles. The highest BCUT2D eigenvalue weighted by Gasteiger charge is 2.13. The van der Waals surface area contributed by atoms with Gasteiger partial charge in [0.2, 0.25) is 6.33 Å². The minimum Gasteiger partial charge on any atom is -0.396 e. The number of rotatable bonds is 7. The van der Waals surface area contributed by atoms with Crippen LogP contribution in [0.3, 0.4) is 0 Å². The van der Waals surface area contributed by atoms with Gasteiger partial charge in [-0.2, -0.15) is 0 Å². The third-order valence-corrected chi connectivity index (χ3v) is 3.34. The monoisotopic (exact) mass is 247 g/mol. The van der Waals surface area contributed by atoms with Crippen molar-refractivity contribution in [3.8, 4) is 0 Å². The molecule has 98 valence electrons. The third-order valence-electron chi connectivity index (χ3n) is 3.34. The molecule has 0 amide bonds. The van der Waals surface area contributed by atoms with Gasteiger partial charge in [0.25, 0.3) is 0 Å². The fourth-order valence-corrected chi connectivity index (χ4v) is 2.32. The fraction of sp³-hybridized carbons (Fsp3) is 0.533. The number of unbranched alkanes of at least 4 members (excludes halogenated alkanes) is 2. The maximum Gasteiger partial charge on any atom is 0.244 e. The Morgan fingerprint density at radius 3 is 2.78 bits per heavy atom. The normalized spacial score (nSPS) is 11.2. The molecule has 0 aliphatic heterocycles. The van der Waals surface area contributed by atoms with Gasteiger partial charge in [-0.1, -0.05) is 25.5 Å². The number of aliphatic hydroxyl groups excluding tert-OH is 1. The number of aryl methyl sites for hydroxylation is 2. The average Bonchev–Trinajstić information content (AvgIpc) is 2.76. The summed E-state index contributed by atoms with van der Waals surface area (Å²) >= 11 is 0. The first-order valence-corrected chi connectivity index (χ1v) is 6.95. The molecule has 3 heteroatoms. The van der Waals surface area contributed by atoms with Gasteiger partial charge in [-0.05, 0) is 31.4 Å². The standard InChI is InChI=1S/C15H23N2O/c1-2-3-10-16-13-17(11-6-7-12-18)15-9-5-4-8-14(15)16/h4-5,8-9,13,18H,2-3,6-7,10-12H2,1H3/q+1. The fourth-order valence-electron chi connectivity index (χ4n) is 2.32. The van der Waals surface area contributed by atoms with E-state index in [-0.39, 0.29) is 6.61 Å². The van der Waals surface area contributed by atoms with Crippen LogP contribution in [-0.2, 0) is 13.1 Å². The van der Waals surface area contributed by atoms with Crippen molar-refractivity contribution in [2.75, 3.05) is 6.61 Å². The van der Waals surface area contributed by atoms with E-state index in [1.54, 1.807) is 0 Å². The van der Waals surface area contributed by atoms with E-state index in [4.69, 9.17) is 5.11 Å². The SMILES string of the molecule is CCCCn1c[n+](CCCCO)c2ccccc21. The number of aliphatic hydroxyl groups is 1. The Hall–Kier alpha value is -1.35. The maximum absolute atomic E-state index is 8.86. The van der Waals surface area contributed by atoms with E-state index in [2.05, 4.69) is 46.7 Å². The smallest absolute Gasteiger partial charge is 0.244 e. The first-order valence-electron chi connectivity index (χ1n) is 6.95. The number of benzene rings is 1. The van der Waals surface area contributed by atoms with Gasteiger partial charge in [0.05, 0.1) is 13.1 Å². The summed E-state index contributed by atoms with van der Waals surface area (Å²) in [5, 5.41) is 8.86. The lowest BCUT2D eigenvalue weighted by molar-refractivity contribution is -0.672. The summed E-state index contributed by atoms with van der Waals surface area (Å²) in [5.41, 5.74) is 2.61. The molecule has 3 nitrogen and oxygen atoms in total. The summed E-state index contributed by atoms with van der Waals surface area (Å²) in [7, 11) is 0. The molecule has 0 bridgehead atoms. The second kappa shape index (κ2) is 6.55. The number of hydrogen-bond acceptors (Lipinski definition) is 1. The van der Waals surface area contributed by atoms with Crippen LogP contribution in [0.4, 0.5) is 0 Å². The minimum absolute atomic E-state index is 0.287. The molecule has 0 saturated heterocycles. The maximum atomic E-state index is 8.86. The van der Waals surface area contributed by atoms with Crippen molar-refractivity contribution in [2.24, 2.45) is 0 Å². The highest BCUT2D eigenvalue weighted by Crippen LogP contribution is 2.12. The summed E-state index contributed by atoms with van der Waals surface area (Å²) in [4.78, 5) is 0. The van der Waals surface area contributed by atoms with E-state index in [1.807, 2.05) is 0 Å². The van der Waals surface area contributed by atoms with Gasteiger partial charge in [-0.25, -0.2) is 9.13 Å². The van der Waals surface area contributed by atoms with Crippen LogP contribution < -0.4 is 4.57 Å². The van der Waals surface area contributed by atoms with E-state index >= 15 is 0 Å². The number of nitrogens with zero attached hydrogens (tertiary/aromatic N) is 2. The van der Waals surface area contributed by atoms with Gasteiger partial charge >= 0.3 is 0 Å². The van der Waals surface area contributed by atoms with Crippen molar-refractivity contribution in [3.05, 3.63) is 30.6 Å². The zero-order valence-corrected chi connectivity index (χ0v) is 11.2. The van der Waals surface area contributed by atoms with Crippen LogP contribution in [0.25, 0.3) is 11.0 Å². The van der Waals surface area contributed by atoms with E-state index in [0.29, 0.717) is 0 Å². The van der Waals surface area contributed by atoms with Gasteiger partial charge in [-0.3, -0.25) is 0 Å². The second-order valence-electron chi connectivity index (χ2n) is 4.78. The van der Waals surface area contributed by atoms with Crippen LogP contribution in [0.15, 0.2) is 30.6 Å². The Labute approximate surface area is 109 Å². The molecule has 1 N–H and O–H groups in total. The number of para-hydroxylation sites is 2. The number of fused-ring (bicyclic) bond motifs is 1. The Morgan fingerprint density at radius 2 is 2.00 bits per heavy atom. The first-order chi connectivity index (χ1) is 8.86. The molecule has 0 aliphatic rings. The van der Waals surface area contributed by atoms with Crippen molar-refractivity contribution < 1.29 is 9.67 Å². The van der Waals surface area contributed by atoms with Gasteiger partial charge in [-0.15, -0.1) is 0 Å². The summed E-state index contributed by atoms with van der Waals surface area (Å²) in [6.45, 7) is 4.58. The molecule has 0 spiro atoms. The summed E-state index contributed by atoms with van der Waals surface area (Å²) in [6, 6.07) is 8.56. The van der Waals surface area contributed by atoms with Gasteiger partial charge in [0, 0.05) is 6.61 Å². The largest absolute Gasteiger partial charge is 0.396 e. The van der Waals surface area contributed by atoms with Crippen molar-refractivity contribution in [2.45, 2.75) is 45.7 Å². The lowest BCUT2D eigenvalue weighted by Crippen LogP contribution is -2.32. The van der Waals surface area contributed by atoms with E-state index in [1.165, 1.54) is 23.9 Å². The molecular weight excluding hydrogens is 224 g/mol. The van der Waals surface area contributed by atoms with Gasteiger partial charge < -0.3 is 5.11 Å². The van der Waals surface area contributed by atoms with Crippen LogP contribution >= 0.6 is 0 Å². The Kier molecular flexibility index (Phi) is 4.76. The second-order valence-corrected chi connectivity index (χ2v) is 4.78. The predicted octanol–water partition coefficient (Wildman–Crippen LogP) is 2.50. The van der Waals surface area contributed by atoms with Crippen molar-refractivity contribution in [3.63, 3.8) is 0 Å². The van der Waals surface area contributed by atoms with Crippen LogP contribution in [0.1, 0.15) is 32.6 Å². The highest BCUT2D eigenvalue weighted by molar-refractivity contribution is 5.71. The van der Waals surface area contributed by atoms with Crippen molar-refractivity contribution >= 4 is 11.0 Å². The molecule has 1 aromatic heterocycles. The van der Waals surface area contributed by atoms with E-state index in [9.17, 15) is 0 Å². The zero-order valence-electron chi connectivity index (χ0n) is 11.2. The zero-order chi connectivity index (χ0) is 12.8.